The molecule has 0 fully saturated rings. The number of carboxylic acids is 1. The predicted octanol–water partition coefficient (Wildman–Crippen LogP) is 2.19. The third kappa shape index (κ3) is 5.41. The lowest BCUT2D eigenvalue weighted by molar-refractivity contribution is -0.140. The molecule has 96 valence electrons. The summed E-state index contributed by atoms with van der Waals surface area (Å²) < 4.78 is 5.50. The number of aliphatic carboxylic acids is 1. The van der Waals surface area contributed by atoms with E-state index in [4.69, 9.17) is 9.84 Å². The van der Waals surface area contributed by atoms with Crippen molar-refractivity contribution in [3.05, 3.63) is 48.6 Å². The first-order valence-corrected chi connectivity index (χ1v) is 5.63. The Hall–Kier alpha value is -1.94. The van der Waals surface area contributed by atoms with Gasteiger partial charge in [-0.3, -0.25) is 9.59 Å². The minimum atomic E-state index is -1.12. The summed E-state index contributed by atoms with van der Waals surface area (Å²) in [6, 6.07) is 9.54. The van der Waals surface area contributed by atoms with Gasteiger partial charge in [-0.05, 0) is 5.56 Å². The van der Waals surface area contributed by atoms with Crippen LogP contribution < -0.4 is 0 Å². The van der Waals surface area contributed by atoms with Crippen LogP contribution in [0.25, 0.3) is 0 Å². The molecule has 0 radical (unpaired) electrons. The molecule has 0 amide bonds. The molecule has 0 aliphatic rings. The summed E-state index contributed by atoms with van der Waals surface area (Å²) in [5.74, 6) is -1.48. The lowest BCUT2D eigenvalue weighted by atomic mass is 10.1. The van der Waals surface area contributed by atoms with Gasteiger partial charge >= 0.3 is 5.97 Å². The Morgan fingerprint density at radius 2 is 2.00 bits per heavy atom. The number of ether oxygens (including phenoxy) is 1. The van der Waals surface area contributed by atoms with E-state index in [2.05, 4.69) is 6.58 Å². The molecule has 0 aliphatic heterocycles. The van der Waals surface area contributed by atoms with Gasteiger partial charge in [-0.1, -0.05) is 36.4 Å². The second-order valence-electron chi connectivity index (χ2n) is 3.88. The maximum absolute atomic E-state index is 11.3. The number of Topliss-reactive ketones (excluding diaryl/α,β-unsaturated/α-hetero) is 1. The molecule has 1 unspecified atom stereocenters. The van der Waals surface area contributed by atoms with Crippen molar-refractivity contribution in [3.8, 4) is 0 Å². The third-order valence-corrected chi connectivity index (χ3v) is 2.35. The number of carboxylic acid groups (broad SMARTS) is 1. The van der Waals surface area contributed by atoms with Crippen LogP contribution >= 0.6 is 0 Å². The normalized spacial score (nSPS) is 11.8. The van der Waals surface area contributed by atoms with Crippen molar-refractivity contribution in [2.24, 2.45) is 0 Å². The fourth-order valence-corrected chi connectivity index (χ4v) is 1.45. The van der Waals surface area contributed by atoms with Gasteiger partial charge in [0.15, 0.2) is 0 Å². The largest absolute Gasteiger partial charge is 0.481 e. The molecule has 0 heterocycles. The molecule has 0 saturated heterocycles. The first-order chi connectivity index (χ1) is 8.61. The molecule has 0 bridgehead atoms. The number of benzene rings is 1. The van der Waals surface area contributed by atoms with Crippen molar-refractivity contribution < 1.29 is 19.4 Å². The Labute approximate surface area is 106 Å². The van der Waals surface area contributed by atoms with E-state index in [0.717, 1.165) is 5.56 Å². The van der Waals surface area contributed by atoms with Crippen LogP contribution in [0.1, 0.15) is 18.4 Å². The minimum absolute atomic E-state index is 0.0443. The van der Waals surface area contributed by atoms with Crippen LogP contribution in [-0.2, 0) is 20.9 Å². The smallest absolute Gasteiger partial charge is 0.310 e. The Morgan fingerprint density at radius 3 is 2.56 bits per heavy atom. The van der Waals surface area contributed by atoms with Gasteiger partial charge < -0.3 is 9.84 Å². The van der Waals surface area contributed by atoms with Crippen molar-refractivity contribution in [2.75, 3.05) is 0 Å². The Morgan fingerprint density at radius 1 is 1.33 bits per heavy atom. The topological polar surface area (TPSA) is 63.6 Å². The van der Waals surface area contributed by atoms with Gasteiger partial charge in [0.25, 0.3) is 0 Å². The molecule has 0 saturated carbocycles. The Kier molecular flexibility index (Phi) is 5.80. The van der Waals surface area contributed by atoms with Gasteiger partial charge in [-0.25, -0.2) is 0 Å². The van der Waals surface area contributed by atoms with Crippen LogP contribution in [0.4, 0.5) is 0 Å². The monoisotopic (exact) mass is 248 g/mol. The second-order valence-corrected chi connectivity index (χ2v) is 3.88. The minimum Gasteiger partial charge on any atom is -0.481 e. The SMILES string of the molecule is C=CC(CC(=O)CC(=O)O)OCc1ccccc1. The fraction of sp³-hybridized carbons (Fsp3) is 0.286. The van der Waals surface area contributed by atoms with Gasteiger partial charge in [-0.2, -0.15) is 0 Å². The number of ketones is 1. The highest BCUT2D eigenvalue weighted by Crippen LogP contribution is 2.08. The average Bonchev–Trinajstić information content (AvgIpc) is 2.34. The maximum Gasteiger partial charge on any atom is 0.310 e. The van der Waals surface area contributed by atoms with E-state index < -0.39 is 18.5 Å². The molecular weight excluding hydrogens is 232 g/mol. The standard InChI is InChI=1S/C14H16O4/c1-2-13(8-12(15)9-14(16)17)18-10-11-6-4-3-5-7-11/h2-7,13H,1,8-10H2,(H,16,17). The molecule has 1 aromatic carbocycles. The molecule has 0 aliphatic carbocycles. The molecule has 4 heteroatoms. The van der Waals surface area contributed by atoms with Gasteiger partial charge in [0.1, 0.15) is 12.2 Å². The van der Waals surface area contributed by atoms with Crippen molar-refractivity contribution in [3.63, 3.8) is 0 Å². The highest BCUT2D eigenvalue weighted by atomic mass is 16.5. The van der Waals surface area contributed by atoms with E-state index in [-0.39, 0.29) is 12.2 Å². The van der Waals surface area contributed by atoms with Crippen molar-refractivity contribution in [2.45, 2.75) is 25.6 Å². The van der Waals surface area contributed by atoms with Crippen LogP contribution in [0.15, 0.2) is 43.0 Å². The molecule has 0 spiro atoms. The van der Waals surface area contributed by atoms with Crippen molar-refractivity contribution in [1.82, 2.24) is 0 Å². The van der Waals surface area contributed by atoms with Crippen LogP contribution in [-0.4, -0.2) is 23.0 Å². The Balaban J connectivity index is 2.40. The fourth-order valence-electron chi connectivity index (χ4n) is 1.45. The van der Waals surface area contributed by atoms with E-state index >= 15 is 0 Å². The number of carbonyl (C=O) groups is 2. The molecule has 18 heavy (non-hydrogen) atoms. The molecule has 1 rings (SSSR count). The number of hydrogen-bond donors (Lipinski definition) is 1. The molecule has 0 aromatic heterocycles. The first kappa shape index (κ1) is 14.1. The maximum atomic E-state index is 11.3. The van der Waals surface area contributed by atoms with Crippen molar-refractivity contribution in [1.29, 1.82) is 0 Å². The zero-order chi connectivity index (χ0) is 13.4. The van der Waals surface area contributed by atoms with Crippen LogP contribution in [0.5, 0.6) is 0 Å². The van der Waals surface area contributed by atoms with E-state index in [0.29, 0.717) is 6.61 Å². The second kappa shape index (κ2) is 7.40. The zero-order valence-electron chi connectivity index (χ0n) is 10.0. The summed E-state index contributed by atoms with van der Waals surface area (Å²) in [5.41, 5.74) is 0.995. The summed E-state index contributed by atoms with van der Waals surface area (Å²) in [6.07, 6.45) is 0.640. The molecule has 1 aromatic rings. The van der Waals surface area contributed by atoms with Gasteiger partial charge in [0.05, 0.1) is 12.7 Å². The van der Waals surface area contributed by atoms with E-state index in [1.165, 1.54) is 6.08 Å². The van der Waals surface area contributed by atoms with Gasteiger partial charge in [0.2, 0.25) is 0 Å². The number of hydrogen-bond acceptors (Lipinski definition) is 3. The van der Waals surface area contributed by atoms with Gasteiger partial charge in [0, 0.05) is 6.42 Å². The van der Waals surface area contributed by atoms with Crippen LogP contribution in [0.2, 0.25) is 0 Å². The highest BCUT2D eigenvalue weighted by Gasteiger charge is 2.14. The quantitative estimate of drug-likeness (QED) is 0.565. The summed E-state index contributed by atoms with van der Waals surface area (Å²) in [5, 5.41) is 8.49. The van der Waals surface area contributed by atoms with Crippen molar-refractivity contribution >= 4 is 11.8 Å². The van der Waals surface area contributed by atoms with E-state index in [9.17, 15) is 9.59 Å². The number of carbonyl (C=O) groups excluding carboxylic acids is 1. The third-order valence-electron chi connectivity index (χ3n) is 2.35. The summed E-state index contributed by atoms with van der Waals surface area (Å²) >= 11 is 0. The summed E-state index contributed by atoms with van der Waals surface area (Å²) in [7, 11) is 0. The average molecular weight is 248 g/mol. The van der Waals surface area contributed by atoms with E-state index in [1.54, 1.807) is 0 Å². The zero-order valence-corrected chi connectivity index (χ0v) is 10.0. The molecule has 1 atom stereocenters. The summed E-state index contributed by atoms with van der Waals surface area (Å²) in [6.45, 7) is 3.95. The lowest BCUT2D eigenvalue weighted by Gasteiger charge is -2.12. The molecule has 1 N–H and O–H groups in total. The predicted molar refractivity (Wildman–Crippen MR) is 67.1 cm³/mol. The van der Waals surface area contributed by atoms with E-state index in [1.807, 2.05) is 30.3 Å². The first-order valence-electron chi connectivity index (χ1n) is 5.63. The highest BCUT2D eigenvalue weighted by molar-refractivity contribution is 5.94. The van der Waals surface area contributed by atoms with Crippen LogP contribution in [0, 0.1) is 0 Å². The summed E-state index contributed by atoms with van der Waals surface area (Å²) in [4.78, 5) is 21.7. The lowest BCUT2D eigenvalue weighted by Crippen LogP contribution is -2.17. The molecular formula is C14H16O4. The van der Waals surface area contributed by atoms with Crippen LogP contribution in [0.3, 0.4) is 0 Å². The van der Waals surface area contributed by atoms with Gasteiger partial charge in [-0.15, -0.1) is 6.58 Å². The molecule has 4 nitrogen and oxygen atoms in total. The number of rotatable bonds is 8. The Bertz CT molecular complexity index is 411.